The molecule has 11 heteroatoms. The zero-order chi connectivity index (χ0) is 30.5. The van der Waals surface area contributed by atoms with Gasteiger partial charge in [-0.2, -0.15) is 0 Å². The summed E-state index contributed by atoms with van der Waals surface area (Å²) in [5.74, 6) is 0.0571. The van der Waals surface area contributed by atoms with Gasteiger partial charge in [0.2, 0.25) is 15.9 Å². The summed E-state index contributed by atoms with van der Waals surface area (Å²) in [5, 5.41) is 13.4. The minimum atomic E-state index is -3.93. The molecule has 4 rings (SSSR count). The Balaban J connectivity index is 0.00000237. The first-order valence-electron chi connectivity index (χ1n) is 14.0. The number of hydrogen-bond donors (Lipinski definition) is 4. The Bertz CT molecular complexity index is 1390. The lowest BCUT2D eigenvalue weighted by Crippen LogP contribution is -2.50. The Morgan fingerprint density at radius 3 is 2.62 bits per heavy atom. The van der Waals surface area contributed by atoms with E-state index in [-0.39, 0.29) is 29.3 Å². The SMILES string of the molecule is CNC(CCCCNS(=O)(=O)c1ccccc1F)C(=O)NC1CCc2cc(OC)ccc2C1Cc1cccnc1.CO. The van der Waals surface area contributed by atoms with E-state index in [1.807, 2.05) is 18.3 Å². The van der Waals surface area contributed by atoms with E-state index in [0.717, 1.165) is 43.8 Å². The number of rotatable bonds is 13. The van der Waals surface area contributed by atoms with E-state index in [9.17, 15) is 17.6 Å². The van der Waals surface area contributed by atoms with Gasteiger partial charge in [-0.15, -0.1) is 0 Å². The van der Waals surface area contributed by atoms with Crippen molar-refractivity contribution in [2.45, 2.75) is 61.4 Å². The molecule has 0 radical (unpaired) electrons. The van der Waals surface area contributed by atoms with Crippen molar-refractivity contribution >= 4 is 15.9 Å². The molecule has 0 aliphatic heterocycles. The maximum atomic E-state index is 13.9. The van der Waals surface area contributed by atoms with Crippen molar-refractivity contribution < 1.29 is 27.4 Å². The number of aryl methyl sites for hydroxylation is 1. The number of aromatic nitrogens is 1. The van der Waals surface area contributed by atoms with Crippen molar-refractivity contribution in [1.29, 1.82) is 0 Å². The molecule has 1 amide bonds. The number of unbranched alkanes of at least 4 members (excludes halogenated alkanes) is 1. The van der Waals surface area contributed by atoms with Gasteiger partial charge in [-0.1, -0.05) is 30.7 Å². The van der Waals surface area contributed by atoms with Gasteiger partial charge in [0, 0.05) is 38.0 Å². The highest BCUT2D eigenvalue weighted by Gasteiger charge is 2.32. The van der Waals surface area contributed by atoms with Gasteiger partial charge in [-0.05, 0) is 86.2 Å². The number of hydrogen-bond acceptors (Lipinski definition) is 7. The lowest BCUT2D eigenvalue weighted by molar-refractivity contribution is -0.124. The van der Waals surface area contributed by atoms with E-state index in [1.54, 1.807) is 20.4 Å². The topological polar surface area (TPSA) is 130 Å². The second-order valence-corrected chi connectivity index (χ2v) is 11.8. The molecule has 228 valence electrons. The van der Waals surface area contributed by atoms with Crippen LogP contribution in [-0.4, -0.2) is 64.3 Å². The highest BCUT2D eigenvalue weighted by molar-refractivity contribution is 7.89. The molecule has 3 atom stereocenters. The minimum absolute atomic E-state index is 0.0444. The molecular weight excluding hydrogens is 559 g/mol. The molecule has 0 bridgehead atoms. The number of ether oxygens (including phenoxy) is 1. The molecule has 0 saturated heterocycles. The maximum Gasteiger partial charge on any atom is 0.243 e. The molecule has 4 N–H and O–H groups in total. The summed E-state index contributed by atoms with van der Waals surface area (Å²) in [6.07, 6.45) is 7.70. The average molecular weight is 601 g/mol. The fraction of sp³-hybridized carbons (Fsp3) is 0.419. The number of nitrogens with zero attached hydrogens (tertiary/aromatic N) is 1. The number of likely N-dealkylation sites (N-methyl/N-ethyl adjacent to an activating group) is 1. The van der Waals surface area contributed by atoms with Crippen LogP contribution in [0.4, 0.5) is 4.39 Å². The quantitative estimate of drug-likeness (QED) is 0.222. The Labute approximate surface area is 248 Å². The second kappa shape index (κ2) is 16.3. The number of carbonyl (C=O) groups excluding carboxylic acids is 1. The van der Waals surface area contributed by atoms with Crippen LogP contribution in [0.2, 0.25) is 0 Å². The molecule has 42 heavy (non-hydrogen) atoms. The van der Waals surface area contributed by atoms with E-state index in [1.165, 1.54) is 29.3 Å². The van der Waals surface area contributed by atoms with Gasteiger partial charge >= 0.3 is 0 Å². The van der Waals surface area contributed by atoms with Crippen LogP contribution in [-0.2, 0) is 27.7 Å². The first-order chi connectivity index (χ1) is 20.3. The van der Waals surface area contributed by atoms with Crippen molar-refractivity contribution in [2.24, 2.45) is 0 Å². The molecule has 3 unspecified atom stereocenters. The maximum absolute atomic E-state index is 13.9. The highest BCUT2D eigenvalue weighted by atomic mass is 32.2. The molecule has 0 saturated carbocycles. The summed E-state index contributed by atoms with van der Waals surface area (Å²) in [5.41, 5.74) is 3.56. The van der Waals surface area contributed by atoms with Gasteiger partial charge < -0.3 is 20.5 Å². The van der Waals surface area contributed by atoms with Crippen LogP contribution in [0, 0.1) is 5.82 Å². The summed E-state index contributed by atoms with van der Waals surface area (Å²) in [7, 11) is 0.488. The van der Waals surface area contributed by atoms with Crippen LogP contribution in [0.15, 0.2) is 71.9 Å². The monoisotopic (exact) mass is 600 g/mol. The van der Waals surface area contributed by atoms with Crippen LogP contribution in [0.3, 0.4) is 0 Å². The molecule has 9 nitrogen and oxygen atoms in total. The standard InChI is InChI=1S/C30H37FN4O4S.CH4O/c1-32-28(10-5-6-17-34-40(37,38)29-11-4-3-9-26(29)31)30(36)35-27-15-12-22-19-23(39-2)13-14-24(22)25(27)18-21-8-7-16-33-20-21;1-2/h3-4,7-9,11,13-14,16,19-20,25,27-28,32,34H,5-6,10,12,15,17-18H2,1-2H3,(H,35,36);2H,1H3. The van der Waals surface area contributed by atoms with Crippen LogP contribution in [0.25, 0.3) is 0 Å². The number of benzene rings is 2. The lowest BCUT2D eigenvalue weighted by atomic mass is 9.76. The van der Waals surface area contributed by atoms with Crippen LogP contribution < -0.4 is 20.1 Å². The van der Waals surface area contributed by atoms with Gasteiger partial charge in [0.15, 0.2) is 0 Å². The number of methoxy groups -OCH3 is 1. The number of fused-ring (bicyclic) bond motifs is 1. The van der Waals surface area contributed by atoms with E-state index in [0.29, 0.717) is 19.3 Å². The molecule has 1 aromatic heterocycles. The number of pyridine rings is 1. The molecule has 0 spiro atoms. The number of carbonyl (C=O) groups is 1. The van der Waals surface area contributed by atoms with Crippen molar-refractivity contribution in [2.75, 3.05) is 27.8 Å². The Kier molecular flexibility index (Phi) is 12.9. The zero-order valence-electron chi connectivity index (χ0n) is 24.3. The molecule has 3 aromatic rings. The van der Waals surface area contributed by atoms with Gasteiger partial charge in [0.25, 0.3) is 0 Å². The fourth-order valence-electron chi connectivity index (χ4n) is 5.32. The third-order valence-electron chi connectivity index (χ3n) is 7.47. The Morgan fingerprint density at radius 1 is 1.14 bits per heavy atom. The molecule has 1 aliphatic carbocycles. The third kappa shape index (κ3) is 8.81. The Hall–Kier alpha value is -3.38. The molecule has 2 aromatic carbocycles. The highest BCUT2D eigenvalue weighted by Crippen LogP contribution is 2.36. The minimum Gasteiger partial charge on any atom is -0.497 e. The van der Waals surface area contributed by atoms with Gasteiger partial charge in [0.05, 0.1) is 13.2 Å². The van der Waals surface area contributed by atoms with E-state index < -0.39 is 21.9 Å². The first kappa shape index (κ1) is 33.1. The number of aliphatic hydroxyl groups excluding tert-OH is 1. The van der Waals surface area contributed by atoms with Crippen molar-refractivity contribution in [3.05, 3.63) is 89.5 Å². The van der Waals surface area contributed by atoms with Gasteiger partial charge in [-0.3, -0.25) is 9.78 Å². The summed E-state index contributed by atoms with van der Waals surface area (Å²) < 4.78 is 46.5. The number of amides is 1. The molecule has 0 fully saturated rings. The Morgan fingerprint density at radius 2 is 1.93 bits per heavy atom. The predicted octanol–water partition coefficient (Wildman–Crippen LogP) is 3.33. The molecular formula is C31H41FN4O5S. The summed E-state index contributed by atoms with van der Waals surface area (Å²) in [6.45, 7) is 0.158. The lowest BCUT2D eigenvalue weighted by Gasteiger charge is -2.35. The smallest absolute Gasteiger partial charge is 0.243 e. The number of aliphatic hydroxyl groups is 1. The summed E-state index contributed by atoms with van der Waals surface area (Å²) in [6, 6.07) is 15.0. The fourth-order valence-corrected chi connectivity index (χ4v) is 6.48. The number of sulfonamides is 1. The molecule has 1 aliphatic rings. The van der Waals surface area contributed by atoms with Crippen molar-refractivity contribution in [3.63, 3.8) is 0 Å². The van der Waals surface area contributed by atoms with Crippen LogP contribution in [0.5, 0.6) is 5.75 Å². The van der Waals surface area contributed by atoms with Crippen molar-refractivity contribution in [3.8, 4) is 5.75 Å². The van der Waals surface area contributed by atoms with Crippen LogP contribution >= 0.6 is 0 Å². The first-order valence-corrected chi connectivity index (χ1v) is 15.5. The van der Waals surface area contributed by atoms with Crippen LogP contribution in [0.1, 0.15) is 48.3 Å². The van der Waals surface area contributed by atoms with E-state index >= 15 is 0 Å². The van der Waals surface area contributed by atoms with Gasteiger partial charge in [0.1, 0.15) is 16.5 Å². The predicted molar refractivity (Wildman–Crippen MR) is 160 cm³/mol. The molecule has 1 heterocycles. The van der Waals surface area contributed by atoms with E-state index in [4.69, 9.17) is 9.84 Å². The zero-order valence-corrected chi connectivity index (χ0v) is 25.2. The van der Waals surface area contributed by atoms with Crippen molar-refractivity contribution in [1.82, 2.24) is 20.3 Å². The van der Waals surface area contributed by atoms with E-state index in [2.05, 4.69) is 38.5 Å². The third-order valence-corrected chi connectivity index (χ3v) is 8.96. The summed E-state index contributed by atoms with van der Waals surface area (Å²) in [4.78, 5) is 17.2. The second-order valence-electron chi connectivity index (χ2n) is 10.1. The number of halogens is 1. The summed E-state index contributed by atoms with van der Waals surface area (Å²) >= 11 is 0. The van der Waals surface area contributed by atoms with Gasteiger partial charge in [-0.25, -0.2) is 17.5 Å². The number of nitrogens with one attached hydrogen (secondary N) is 3. The largest absolute Gasteiger partial charge is 0.497 e. The normalized spacial score (nSPS) is 16.9. The average Bonchev–Trinajstić information content (AvgIpc) is 3.01.